The molecule has 3 saturated heterocycles. The van der Waals surface area contributed by atoms with Crippen molar-refractivity contribution in [3.05, 3.63) is 0 Å². The van der Waals surface area contributed by atoms with E-state index in [-0.39, 0.29) is 0 Å². The van der Waals surface area contributed by atoms with Gasteiger partial charge in [-0.25, -0.2) is 0 Å². The molecule has 254 valence electrons. The summed E-state index contributed by atoms with van der Waals surface area (Å²) in [6.45, 7) is 7.08. The molecule has 3 fully saturated rings. The Kier molecular flexibility index (Phi) is 12.2. The Morgan fingerprint density at radius 2 is 1.04 bits per heavy atom. The van der Waals surface area contributed by atoms with E-state index in [9.17, 15) is 28.8 Å². The normalized spacial score (nSPS) is 35.7. The average molecular weight is 651 g/mol. The van der Waals surface area contributed by atoms with Crippen molar-refractivity contribution in [2.75, 3.05) is 20.3 Å². The van der Waals surface area contributed by atoms with Crippen molar-refractivity contribution < 1.29 is 85.6 Å². The first kappa shape index (κ1) is 36.1. The molecule has 0 N–H and O–H groups in total. The summed E-state index contributed by atoms with van der Waals surface area (Å²) in [6.07, 6.45) is -14.0. The summed E-state index contributed by atoms with van der Waals surface area (Å²) in [7, 11) is 1.31. The number of fused-ring (bicyclic) bond motifs is 1. The zero-order valence-corrected chi connectivity index (χ0v) is 26.0. The van der Waals surface area contributed by atoms with Crippen molar-refractivity contribution >= 4 is 35.8 Å². The van der Waals surface area contributed by atoms with E-state index in [0.717, 1.165) is 41.5 Å². The van der Waals surface area contributed by atoms with Gasteiger partial charge in [-0.15, -0.1) is 0 Å². The molecule has 3 aliphatic heterocycles. The molecule has 0 radical (unpaired) electrons. The van der Waals surface area contributed by atoms with E-state index in [1.807, 2.05) is 0 Å². The van der Waals surface area contributed by atoms with Gasteiger partial charge in [0.05, 0.1) is 0 Å². The van der Waals surface area contributed by atoms with Crippen molar-refractivity contribution in [2.24, 2.45) is 0 Å². The fourth-order valence-corrected chi connectivity index (χ4v) is 4.96. The summed E-state index contributed by atoms with van der Waals surface area (Å²) >= 11 is 0. The SMILES string of the molecule is COC1(C)O[C@H]2O[C@H](COC(C)=O)[C@@H](O[C@@H]3O[C@H](COC(C)=O)[C@H](OC(C)=O)[C@H](OC(C)=O)[C@H]3OC(C)=O)[C@H](OC(C)=O)[C@H]2O1. The number of hydrogen-bond acceptors (Lipinski definition) is 18. The minimum absolute atomic E-state index is 0.445. The van der Waals surface area contributed by atoms with Crippen LogP contribution in [0.25, 0.3) is 0 Å². The summed E-state index contributed by atoms with van der Waals surface area (Å²) in [5.41, 5.74) is 0. The van der Waals surface area contributed by atoms with Crippen molar-refractivity contribution in [3.8, 4) is 0 Å². The average Bonchev–Trinajstić information content (AvgIpc) is 3.26. The number of methoxy groups -OCH3 is 1. The smallest absolute Gasteiger partial charge is 0.303 e. The van der Waals surface area contributed by atoms with Crippen LogP contribution in [0.15, 0.2) is 0 Å². The molecule has 0 aromatic rings. The second-order valence-corrected chi connectivity index (χ2v) is 10.4. The molecule has 0 bridgehead atoms. The van der Waals surface area contributed by atoms with E-state index in [2.05, 4.69) is 0 Å². The van der Waals surface area contributed by atoms with Crippen LogP contribution in [0.1, 0.15) is 48.5 Å². The highest BCUT2D eigenvalue weighted by atomic mass is 16.9. The van der Waals surface area contributed by atoms with Gasteiger partial charge in [-0.2, -0.15) is 0 Å². The van der Waals surface area contributed by atoms with E-state index >= 15 is 0 Å². The first-order chi connectivity index (χ1) is 21.0. The van der Waals surface area contributed by atoms with E-state index in [0.29, 0.717) is 0 Å². The first-order valence-corrected chi connectivity index (χ1v) is 13.9. The molecule has 3 aliphatic rings. The fraction of sp³-hybridized carbons (Fsp3) is 0.778. The third kappa shape index (κ3) is 9.54. The second kappa shape index (κ2) is 15.2. The van der Waals surface area contributed by atoms with Crippen LogP contribution in [0.2, 0.25) is 0 Å². The topological polar surface area (TPSA) is 213 Å². The molecule has 0 spiro atoms. The maximum Gasteiger partial charge on any atom is 0.303 e. The van der Waals surface area contributed by atoms with Gasteiger partial charge in [0, 0.05) is 55.6 Å². The van der Waals surface area contributed by atoms with Crippen LogP contribution in [-0.4, -0.2) is 124 Å². The van der Waals surface area contributed by atoms with Crippen LogP contribution in [0.4, 0.5) is 0 Å². The Morgan fingerprint density at radius 3 is 1.53 bits per heavy atom. The molecular weight excluding hydrogens is 612 g/mol. The Hall–Kier alpha value is -3.42. The van der Waals surface area contributed by atoms with Crippen molar-refractivity contribution in [1.82, 2.24) is 0 Å². The standard InChI is InChI=1S/C27H38O18/c1-11(28)35-9-17-19(37-13(3)30)21(38-14(4)31)23(40-16(6)33)25(41-17)43-20-18(10-36-12(2)29)42-26-24(22(20)39-15(5)32)44-27(7,34-8)45-26/h17-26H,9-10H2,1-8H3/t17-,18-,19+,20-,21+,22+,23-,24-,25+,26-,27?/m1/s1. The zero-order valence-electron chi connectivity index (χ0n) is 26.0. The lowest BCUT2D eigenvalue weighted by molar-refractivity contribution is -0.350. The van der Waals surface area contributed by atoms with Gasteiger partial charge in [-0.3, -0.25) is 33.5 Å². The maximum absolute atomic E-state index is 12.3. The number of carbonyl (C=O) groups is 6. The molecule has 3 rings (SSSR count). The molecule has 1 unspecified atom stereocenters. The number of esters is 6. The number of ether oxygens (including phenoxy) is 12. The number of carbonyl (C=O) groups excluding carboxylic acids is 6. The Bertz CT molecular complexity index is 1130. The quantitative estimate of drug-likeness (QED) is 0.202. The molecule has 45 heavy (non-hydrogen) atoms. The van der Waals surface area contributed by atoms with Crippen LogP contribution in [0, 0.1) is 0 Å². The number of rotatable bonds is 11. The molecule has 0 aliphatic carbocycles. The first-order valence-electron chi connectivity index (χ1n) is 13.9. The Morgan fingerprint density at radius 1 is 0.578 bits per heavy atom. The lowest BCUT2D eigenvalue weighted by Gasteiger charge is -2.47. The highest BCUT2D eigenvalue weighted by Crippen LogP contribution is 2.41. The Balaban J connectivity index is 2.09. The maximum atomic E-state index is 12.3. The summed E-state index contributed by atoms with van der Waals surface area (Å²) in [4.78, 5) is 72.2. The minimum atomic E-state index is -1.69. The molecule has 3 heterocycles. The van der Waals surface area contributed by atoms with Crippen molar-refractivity contribution in [2.45, 2.75) is 116 Å². The predicted molar refractivity (Wildman–Crippen MR) is 139 cm³/mol. The predicted octanol–water partition coefficient (Wildman–Crippen LogP) is -0.590. The van der Waals surface area contributed by atoms with E-state index in [1.54, 1.807) is 0 Å². The zero-order chi connectivity index (χ0) is 33.6. The molecule has 0 aromatic carbocycles. The van der Waals surface area contributed by atoms with Crippen molar-refractivity contribution in [1.29, 1.82) is 0 Å². The fourth-order valence-electron chi connectivity index (χ4n) is 4.96. The molecule has 18 nitrogen and oxygen atoms in total. The van der Waals surface area contributed by atoms with Gasteiger partial charge in [-0.1, -0.05) is 0 Å². The molecule has 0 saturated carbocycles. The molecule has 18 heteroatoms. The largest absolute Gasteiger partial charge is 0.463 e. The molecule has 0 amide bonds. The van der Waals surface area contributed by atoms with Gasteiger partial charge in [-0.05, 0) is 0 Å². The van der Waals surface area contributed by atoms with E-state index in [4.69, 9.17) is 56.8 Å². The lowest BCUT2D eigenvalue weighted by atomic mass is 9.96. The number of hydrogen-bond donors (Lipinski definition) is 0. The molecule has 0 aromatic heterocycles. The van der Waals surface area contributed by atoms with Crippen molar-refractivity contribution in [3.63, 3.8) is 0 Å². The van der Waals surface area contributed by atoms with Gasteiger partial charge in [0.2, 0.25) is 0 Å². The van der Waals surface area contributed by atoms with Crippen LogP contribution >= 0.6 is 0 Å². The monoisotopic (exact) mass is 650 g/mol. The van der Waals surface area contributed by atoms with Gasteiger partial charge in [0.15, 0.2) is 43.1 Å². The molecule has 11 atom stereocenters. The lowest BCUT2D eigenvalue weighted by Crippen LogP contribution is -2.66. The van der Waals surface area contributed by atoms with E-state index in [1.165, 1.54) is 14.0 Å². The van der Waals surface area contributed by atoms with Crippen LogP contribution in [-0.2, 0) is 85.6 Å². The summed E-state index contributed by atoms with van der Waals surface area (Å²) < 4.78 is 67.3. The molecular formula is C27H38O18. The van der Waals surface area contributed by atoms with Crippen LogP contribution in [0.3, 0.4) is 0 Å². The van der Waals surface area contributed by atoms with Gasteiger partial charge in [0.25, 0.3) is 5.97 Å². The third-order valence-electron chi connectivity index (χ3n) is 6.63. The minimum Gasteiger partial charge on any atom is -0.463 e. The van der Waals surface area contributed by atoms with Gasteiger partial charge < -0.3 is 52.1 Å². The second-order valence-electron chi connectivity index (χ2n) is 10.4. The van der Waals surface area contributed by atoms with Gasteiger partial charge >= 0.3 is 35.8 Å². The summed E-state index contributed by atoms with van der Waals surface area (Å²) in [5.74, 6) is -6.35. The summed E-state index contributed by atoms with van der Waals surface area (Å²) in [6, 6.07) is 0. The van der Waals surface area contributed by atoms with E-state index < -0.39 is 116 Å². The van der Waals surface area contributed by atoms with Crippen LogP contribution in [0.5, 0.6) is 0 Å². The summed E-state index contributed by atoms with van der Waals surface area (Å²) in [5, 5.41) is 0. The van der Waals surface area contributed by atoms with Gasteiger partial charge in [0.1, 0.15) is 31.5 Å². The third-order valence-corrected chi connectivity index (χ3v) is 6.63. The highest BCUT2D eigenvalue weighted by molar-refractivity contribution is 5.69. The van der Waals surface area contributed by atoms with Crippen LogP contribution < -0.4 is 0 Å². The highest BCUT2D eigenvalue weighted by Gasteiger charge is 2.61. The Labute approximate surface area is 258 Å².